The van der Waals surface area contributed by atoms with Gasteiger partial charge in [0.25, 0.3) is 0 Å². The Morgan fingerprint density at radius 2 is 2.17 bits per heavy atom. The van der Waals surface area contributed by atoms with Crippen LogP contribution in [0.4, 0.5) is 15.9 Å². The normalized spacial score (nSPS) is 10.2. The Morgan fingerprint density at radius 3 is 2.89 bits per heavy atom. The molecule has 0 saturated heterocycles. The van der Waals surface area contributed by atoms with Crippen molar-refractivity contribution in [3.05, 3.63) is 39.1 Å². The summed E-state index contributed by atoms with van der Waals surface area (Å²) in [5.41, 5.74) is 0.587. The lowest BCUT2D eigenvalue weighted by Gasteiger charge is -2.11. The molecular weight excluding hydrogens is 371 g/mol. The lowest BCUT2D eigenvalue weighted by Crippen LogP contribution is -2.01. The first-order chi connectivity index (χ1) is 8.63. The summed E-state index contributed by atoms with van der Waals surface area (Å²) in [6.07, 6.45) is 1.30. The Labute approximate surface area is 122 Å². The average Bonchev–Trinajstić information content (AvgIpc) is 2.35. The summed E-state index contributed by atoms with van der Waals surface area (Å²) >= 11 is 7.78. The Bertz CT molecular complexity index is 582. The molecule has 7 heteroatoms. The standard InChI is InChI=1S/C11H8ClFIN3O/c1-18-9-10(12)15-5-16-11(9)17-7-4-2-3-6(13)8(7)14/h2-5H,1H3,(H,15,16,17). The van der Waals surface area contributed by atoms with Crippen LogP contribution in [0.2, 0.25) is 5.15 Å². The van der Waals surface area contributed by atoms with E-state index in [1.165, 1.54) is 19.5 Å². The zero-order chi connectivity index (χ0) is 13.1. The molecule has 0 saturated carbocycles. The molecule has 0 amide bonds. The third-order valence-electron chi connectivity index (χ3n) is 2.17. The molecule has 0 bridgehead atoms. The van der Waals surface area contributed by atoms with Gasteiger partial charge in [0.1, 0.15) is 12.1 Å². The number of nitrogens with one attached hydrogen (secondary N) is 1. The molecular formula is C11H8ClFIN3O. The van der Waals surface area contributed by atoms with Gasteiger partial charge in [-0.25, -0.2) is 14.4 Å². The Hall–Kier alpha value is -1.15. The van der Waals surface area contributed by atoms with E-state index in [0.29, 0.717) is 20.8 Å². The molecule has 0 fully saturated rings. The van der Waals surface area contributed by atoms with Gasteiger partial charge in [0, 0.05) is 0 Å². The van der Waals surface area contributed by atoms with Crippen LogP contribution in [0.3, 0.4) is 0 Å². The van der Waals surface area contributed by atoms with E-state index in [1.807, 2.05) is 22.6 Å². The van der Waals surface area contributed by atoms with Crippen LogP contribution in [0.15, 0.2) is 24.5 Å². The molecule has 0 aliphatic heterocycles. The van der Waals surface area contributed by atoms with Crippen molar-refractivity contribution in [3.63, 3.8) is 0 Å². The zero-order valence-electron chi connectivity index (χ0n) is 9.25. The maximum Gasteiger partial charge on any atom is 0.199 e. The van der Waals surface area contributed by atoms with Crippen molar-refractivity contribution in [2.45, 2.75) is 0 Å². The number of nitrogens with zero attached hydrogens (tertiary/aromatic N) is 2. The van der Waals surface area contributed by atoms with E-state index < -0.39 is 0 Å². The van der Waals surface area contributed by atoms with Crippen molar-refractivity contribution in [2.24, 2.45) is 0 Å². The highest BCUT2D eigenvalue weighted by Gasteiger charge is 2.12. The van der Waals surface area contributed by atoms with Gasteiger partial charge in [0.2, 0.25) is 0 Å². The average molecular weight is 380 g/mol. The van der Waals surface area contributed by atoms with E-state index in [4.69, 9.17) is 16.3 Å². The highest BCUT2D eigenvalue weighted by molar-refractivity contribution is 14.1. The summed E-state index contributed by atoms with van der Waals surface area (Å²) < 4.78 is 19.0. The maximum absolute atomic E-state index is 13.4. The second-order valence-corrected chi connectivity index (χ2v) is 4.71. The molecule has 1 heterocycles. The number of hydrogen-bond donors (Lipinski definition) is 1. The fraction of sp³-hybridized carbons (Fsp3) is 0.0909. The summed E-state index contributed by atoms with van der Waals surface area (Å²) in [5, 5.41) is 3.16. The Morgan fingerprint density at radius 1 is 1.39 bits per heavy atom. The SMILES string of the molecule is COc1c(Cl)ncnc1Nc1cccc(F)c1I. The van der Waals surface area contributed by atoms with Crippen molar-refractivity contribution in [1.29, 1.82) is 0 Å². The van der Waals surface area contributed by atoms with Crippen LogP contribution < -0.4 is 10.1 Å². The number of hydrogen-bond acceptors (Lipinski definition) is 4. The summed E-state index contributed by atoms with van der Waals surface area (Å²) in [4.78, 5) is 7.82. The minimum absolute atomic E-state index is 0.196. The number of rotatable bonds is 3. The number of ether oxygens (including phenoxy) is 1. The second kappa shape index (κ2) is 5.66. The molecule has 1 aromatic heterocycles. The van der Waals surface area contributed by atoms with Gasteiger partial charge in [-0.15, -0.1) is 0 Å². The van der Waals surface area contributed by atoms with Gasteiger partial charge in [0.15, 0.2) is 16.7 Å². The van der Waals surface area contributed by atoms with Crippen LogP contribution in [0, 0.1) is 9.39 Å². The van der Waals surface area contributed by atoms with E-state index in [9.17, 15) is 4.39 Å². The molecule has 0 radical (unpaired) electrons. The number of aromatic nitrogens is 2. The van der Waals surface area contributed by atoms with Crippen LogP contribution in [-0.2, 0) is 0 Å². The molecule has 1 N–H and O–H groups in total. The highest BCUT2D eigenvalue weighted by atomic mass is 127. The van der Waals surface area contributed by atoms with E-state index >= 15 is 0 Å². The quantitative estimate of drug-likeness (QED) is 0.653. The van der Waals surface area contributed by atoms with Gasteiger partial charge < -0.3 is 10.1 Å². The third-order valence-corrected chi connectivity index (χ3v) is 3.53. The molecule has 0 unspecified atom stereocenters. The first-order valence-corrected chi connectivity index (χ1v) is 6.34. The van der Waals surface area contributed by atoms with Gasteiger partial charge in [-0.2, -0.15) is 0 Å². The molecule has 0 aliphatic carbocycles. The van der Waals surface area contributed by atoms with Crippen LogP contribution >= 0.6 is 34.2 Å². The number of anilines is 2. The Balaban J connectivity index is 2.40. The third kappa shape index (κ3) is 2.64. The number of benzene rings is 1. The molecule has 1 aromatic carbocycles. The molecule has 2 rings (SSSR count). The van der Waals surface area contributed by atoms with Crippen LogP contribution in [0.1, 0.15) is 0 Å². The highest BCUT2D eigenvalue weighted by Crippen LogP contribution is 2.32. The maximum atomic E-state index is 13.4. The van der Waals surface area contributed by atoms with Crippen LogP contribution in [0.25, 0.3) is 0 Å². The topological polar surface area (TPSA) is 47.0 Å². The predicted molar refractivity (Wildman–Crippen MR) is 76.0 cm³/mol. The number of halogens is 3. The van der Waals surface area contributed by atoms with Crippen molar-refractivity contribution in [2.75, 3.05) is 12.4 Å². The van der Waals surface area contributed by atoms with E-state index in [2.05, 4.69) is 15.3 Å². The monoisotopic (exact) mass is 379 g/mol. The van der Waals surface area contributed by atoms with Crippen molar-refractivity contribution >= 4 is 45.7 Å². The summed E-state index contributed by atoms with van der Waals surface area (Å²) in [5.74, 6) is 0.403. The smallest absolute Gasteiger partial charge is 0.199 e. The lowest BCUT2D eigenvalue weighted by atomic mass is 10.3. The van der Waals surface area contributed by atoms with Crippen molar-refractivity contribution in [1.82, 2.24) is 9.97 Å². The summed E-state index contributed by atoms with van der Waals surface area (Å²) in [7, 11) is 1.46. The molecule has 0 aliphatic rings. The van der Waals surface area contributed by atoms with E-state index in [0.717, 1.165) is 0 Å². The molecule has 2 aromatic rings. The van der Waals surface area contributed by atoms with Gasteiger partial charge in [0.05, 0.1) is 16.4 Å². The fourth-order valence-corrected chi connectivity index (χ4v) is 2.05. The molecule has 94 valence electrons. The van der Waals surface area contributed by atoms with E-state index in [1.54, 1.807) is 12.1 Å². The largest absolute Gasteiger partial charge is 0.490 e. The zero-order valence-corrected chi connectivity index (χ0v) is 12.2. The van der Waals surface area contributed by atoms with Crippen LogP contribution in [-0.4, -0.2) is 17.1 Å². The minimum Gasteiger partial charge on any atom is -0.490 e. The Kier molecular flexibility index (Phi) is 4.18. The first-order valence-electron chi connectivity index (χ1n) is 4.89. The molecule has 4 nitrogen and oxygen atoms in total. The fourth-order valence-electron chi connectivity index (χ4n) is 1.35. The van der Waals surface area contributed by atoms with E-state index in [-0.39, 0.29) is 11.0 Å². The minimum atomic E-state index is -0.306. The first kappa shape index (κ1) is 13.3. The van der Waals surface area contributed by atoms with Gasteiger partial charge >= 0.3 is 0 Å². The molecule has 0 atom stereocenters. The summed E-state index contributed by atoms with van der Waals surface area (Å²) in [6.45, 7) is 0. The van der Waals surface area contributed by atoms with Crippen molar-refractivity contribution < 1.29 is 9.13 Å². The molecule has 0 spiro atoms. The van der Waals surface area contributed by atoms with Gasteiger partial charge in [-0.3, -0.25) is 0 Å². The van der Waals surface area contributed by atoms with Gasteiger partial charge in [-0.05, 0) is 34.7 Å². The second-order valence-electron chi connectivity index (χ2n) is 3.27. The van der Waals surface area contributed by atoms with Gasteiger partial charge in [-0.1, -0.05) is 17.7 Å². The molecule has 18 heavy (non-hydrogen) atoms. The van der Waals surface area contributed by atoms with Crippen molar-refractivity contribution in [3.8, 4) is 5.75 Å². The predicted octanol–water partition coefficient (Wildman–Crippen LogP) is 3.63. The summed E-state index contributed by atoms with van der Waals surface area (Å²) in [6, 6.07) is 4.73. The van der Waals surface area contributed by atoms with Crippen LogP contribution in [0.5, 0.6) is 5.75 Å². The number of methoxy groups -OCH3 is 1. The lowest BCUT2D eigenvalue weighted by molar-refractivity contribution is 0.413.